The largest absolute Gasteiger partial charge is 0.457 e. The highest BCUT2D eigenvalue weighted by atomic mass is 16.5. The summed E-state index contributed by atoms with van der Waals surface area (Å²) < 4.78 is 5.95. The predicted molar refractivity (Wildman–Crippen MR) is 101 cm³/mol. The number of hydrogen-bond acceptors (Lipinski definition) is 3. The molecular weight excluding hydrogens is 308 g/mol. The highest BCUT2D eigenvalue weighted by Gasteiger charge is 2.15. The van der Waals surface area contributed by atoms with Crippen LogP contribution >= 0.6 is 0 Å². The molecule has 1 aliphatic carbocycles. The Bertz CT molecular complexity index is 707. The topological polar surface area (TPSA) is 36.3 Å². The van der Waals surface area contributed by atoms with Gasteiger partial charge in [-0.25, -0.2) is 0 Å². The minimum absolute atomic E-state index is 0.233. The SMILES string of the molecule is CN(C)C(C#N)c1ccc(Oc2ccc(C3CCCCC3)cc2)cc1. The average molecular weight is 334 g/mol. The second kappa shape index (κ2) is 8.18. The molecule has 1 fully saturated rings. The van der Waals surface area contributed by atoms with Crippen molar-refractivity contribution < 1.29 is 4.74 Å². The second-order valence-corrected chi connectivity index (χ2v) is 7.07. The Morgan fingerprint density at radius 1 is 0.920 bits per heavy atom. The molecule has 3 rings (SSSR count). The lowest BCUT2D eigenvalue weighted by Gasteiger charge is -2.22. The zero-order valence-corrected chi connectivity index (χ0v) is 15.1. The van der Waals surface area contributed by atoms with Gasteiger partial charge in [-0.05, 0) is 68.2 Å². The maximum absolute atomic E-state index is 9.26. The number of rotatable bonds is 5. The first kappa shape index (κ1) is 17.5. The molecule has 130 valence electrons. The van der Waals surface area contributed by atoms with Crippen LogP contribution in [0.1, 0.15) is 55.2 Å². The molecule has 0 saturated heterocycles. The van der Waals surface area contributed by atoms with Crippen LogP contribution in [0.4, 0.5) is 0 Å². The van der Waals surface area contributed by atoms with Crippen LogP contribution in [-0.2, 0) is 0 Å². The monoisotopic (exact) mass is 334 g/mol. The summed E-state index contributed by atoms with van der Waals surface area (Å²) in [6.07, 6.45) is 6.72. The second-order valence-electron chi connectivity index (χ2n) is 7.07. The Morgan fingerprint density at radius 2 is 1.48 bits per heavy atom. The molecule has 0 heterocycles. The molecule has 0 bridgehead atoms. The third-order valence-corrected chi connectivity index (χ3v) is 5.03. The predicted octanol–water partition coefficient (Wildman–Crippen LogP) is 5.65. The van der Waals surface area contributed by atoms with Crippen molar-refractivity contribution >= 4 is 0 Å². The van der Waals surface area contributed by atoms with E-state index in [2.05, 4.69) is 30.3 Å². The van der Waals surface area contributed by atoms with Crippen molar-refractivity contribution in [3.63, 3.8) is 0 Å². The molecular formula is C22H26N2O. The van der Waals surface area contributed by atoms with Crippen LogP contribution in [0.15, 0.2) is 48.5 Å². The maximum Gasteiger partial charge on any atom is 0.127 e. The Balaban J connectivity index is 1.65. The van der Waals surface area contributed by atoms with Crippen molar-refractivity contribution in [2.45, 2.75) is 44.1 Å². The van der Waals surface area contributed by atoms with E-state index < -0.39 is 0 Å². The lowest BCUT2D eigenvalue weighted by Crippen LogP contribution is -2.18. The highest BCUT2D eigenvalue weighted by molar-refractivity contribution is 5.37. The van der Waals surface area contributed by atoms with Gasteiger partial charge in [0.2, 0.25) is 0 Å². The van der Waals surface area contributed by atoms with Crippen LogP contribution in [0.2, 0.25) is 0 Å². The van der Waals surface area contributed by atoms with Gasteiger partial charge in [-0.2, -0.15) is 5.26 Å². The molecule has 0 N–H and O–H groups in total. The van der Waals surface area contributed by atoms with Crippen LogP contribution in [0.5, 0.6) is 11.5 Å². The summed E-state index contributed by atoms with van der Waals surface area (Å²) in [5.41, 5.74) is 2.41. The molecule has 0 aliphatic heterocycles. The van der Waals surface area contributed by atoms with E-state index in [9.17, 15) is 5.26 Å². The van der Waals surface area contributed by atoms with Gasteiger partial charge in [0, 0.05) is 0 Å². The van der Waals surface area contributed by atoms with Crippen molar-refractivity contribution in [2.24, 2.45) is 0 Å². The normalized spacial score (nSPS) is 16.4. The van der Waals surface area contributed by atoms with E-state index in [0.29, 0.717) is 0 Å². The molecule has 1 aliphatic rings. The molecule has 0 spiro atoms. The number of ether oxygens (including phenoxy) is 1. The summed E-state index contributed by atoms with van der Waals surface area (Å²) in [6.45, 7) is 0. The fraction of sp³-hybridized carbons (Fsp3) is 0.409. The first-order valence-electron chi connectivity index (χ1n) is 9.11. The van der Waals surface area contributed by atoms with E-state index in [-0.39, 0.29) is 6.04 Å². The lowest BCUT2D eigenvalue weighted by atomic mass is 9.84. The molecule has 25 heavy (non-hydrogen) atoms. The Hall–Kier alpha value is -2.31. The van der Waals surface area contributed by atoms with Crippen LogP contribution < -0.4 is 4.74 Å². The molecule has 0 amide bonds. The Morgan fingerprint density at radius 3 is 2.00 bits per heavy atom. The molecule has 1 saturated carbocycles. The fourth-order valence-electron chi connectivity index (χ4n) is 3.59. The standard InChI is InChI=1S/C22H26N2O/c1-24(2)22(16-23)19-10-14-21(15-11-19)25-20-12-8-18(9-13-20)17-6-4-3-5-7-17/h8-15,17,22H,3-7H2,1-2H3. The summed E-state index contributed by atoms with van der Waals surface area (Å²) >= 11 is 0. The van der Waals surface area contributed by atoms with Gasteiger partial charge >= 0.3 is 0 Å². The van der Waals surface area contributed by atoms with Gasteiger partial charge in [0.1, 0.15) is 17.5 Å². The number of benzene rings is 2. The van der Waals surface area contributed by atoms with E-state index >= 15 is 0 Å². The van der Waals surface area contributed by atoms with Crippen LogP contribution in [0.25, 0.3) is 0 Å². The molecule has 0 radical (unpaired) electrons. The third-order valence-electron chi connectivity index (χ3n) is 5.03. The summed E-state index contributed by atoms with van der Waals surface area (Å²) in [5.74, 6) is 2.37. The summed E-state index contributed by atoms with van der Waals surface area (Å²) in [4.78, 5) is 1.90. The number of nitriles is 1. The van der Waals surface area contributed by atoms with Crippen LogP contribution in [0, 0.1) is 11.3 Å². The molecule has 2 aromatic carbocycles. The average Bonchev–Trinajstić information content (AvgIpc) is 2.65. The van der Waals surface area contributed by atoms with E-state index in [0.717, 1.165) is 23.0 Å². The smallest absolute Gasteiger partial charge is 0.127 e. The van der Waals surface area contributed by atoms with Crippen molar-refractivity contribution in [1.29, 1.82) is 5.26 Å². The lowest BCUT2D eigenvalue weighted by molar-refractivity contribution is 0.358. The fourth-order valence-corrected chi connectivity index (χ4v) is 3.59. The van der Waals surface area contributed by atoms with Gasteiger partial charge in [-0.3, -0.25) is 4.90 Å². The van der Waals surface area contributed by atoms with Crippen molar-refractivity contribution in [3.05, 3.63) is 59.7 Å². The minimum Gasteiger partial charge on any atom is -0.457 e. The molecule has 1 unspecified atom stereocenters. The molecule has 2 aromatic rings. The van der Waals surface area contributed by atoms with Gasteiger partial charge in [0.05, 0.1) is 6.07 Å². The Labute approximate surface area is 150 Å². The maximum atomic E-state index is 9.26. The zero-order chi connectivity index (χ0) is 17.6. The summed E-state index contributed by atoms with van der Waals surface area (Å²) in [6, 6.07) is 18.4. The van der Waals surface area contributed by atoms with Gasteiger partial charge in [-0.15, -0.1) is 0 Å². The van der Waals surface area contributed by atoms with Gasteiger partial charge in [0.25, 0.3) is 0 Å². The summed E-state index contributed by atoms with van der Waals surface area (Å²) in [5, 5.41) is 9.26. The quantitative estimate of drug-likeness (QED) is 0.708. The first-order valence-corrected chi connectivity index (χ1v) is 9.11. The van der Waals surface area contributed by atoms with Crippen molar-refractivity contribution in [3.8, 4) is 17.6 Å². The minimum atomic E-state index is -0.233. The van der Waals surface area contributed by atoms with Gasteiger partial charge in [-0.1, -0.05) is 43.5 Å². The van der Waals surface area contributed by atoms with E-state index in [4.69, 9.17) is 4.74 Å². The zero-order valence-electron chi connectivity index (χ0n) is 15.1. The van der Waals surface area contributed by atoms with E-state index in [1.807, 2.05) is 43.3 Å². The molecule has 1 atom stereocenters. The number of nitrogens with zero attached hydrogens (tertiary/aromatic N) is 2. The van der Waals surface area contributed by atoms with E-state index in [1.165, 1.54) is 37.7 Å². The molecule has 3 heteroatoms. The van der Waals surface area contributed by atoms with Crippen LogP contribution in [0.3, 0.4) is 0 Å². The van der Waals surface area contributed by atoms with Crippen LogP contribution in [-0.4, -0.2) is 19.0 Å². The van der Waals surface area contributed by atoms with E-state index in [1.54, 1.807) is 0 Å². The van der Waals surface area contributed by atoms with Gasteiger partial charge in [0.15, 0.2) is 0 Å². The van der Waals surface area contributed by atoms with Crippen molar-refractivity contribution in [2.75, 3.05) is 14.1 Å². The summed E-state index contributed by atoms with van der Waals surface area (Å²) in [7, 11) is 3.82. The highest BCUT2D eigenvalue weighted by Crippen LogP contribution is 2.34. The Kier molecular flexibility index (Phi) is 5.73. The van der Waals surface area contributed by atoms with Gasteiger partial charge < -0.3 is 4.74 Å². The molecule has 0 aromatic heterocycles. The third kappa shape index (κ3) is 4.41. The molecule has 3 nitrogen and oxygen atoms in total. The van der Waals surface area contributed by atoms with Crippen molar-refractivity contribution in [1.82, 2.24) is 4.90 Å². The number of hydrogen-bond donors (Lipinski definition) is 0. The first-order chi connectivity index (χ1) is 12.2.